The summed E-state index contributed by atoms with van der Waals surface area (Å²) in [6.45, 7) is 6.25. The number of nitrogens with one attached hydrogen (secondary N) is 2. The molecule has 1 unspecified atom stereocenters. The minimum Gasteiger partial charge on any atom is -0.493 e. The van der Waals surface area contributed by atoms with Gasteiger partial charge in [0.1, 0.15) is 5.52 Å². The third kappa shape index (κ3) is 5.04. The molecule has 0 aliphatic heterocycles. The minimum atomic E-state index is -0.143. The van der Waals surface area contributed by atoms with Gasteiger partial charge in [0.25, 0.3) is 5.56 Å². The number of carbonyl (C=O) groups is 1. The van der Waals surface area contributed by atoms with E-state index in [1.807, 2.05) is 39.0 Å². The van der Waals surface area contributed by atoms with Crippen LogP contribution in [0, 0.1) is 6.92 Å². The Bertz CT molecular complexity index is 1140. The number of amides is 1. The number of methoxy groups -OCH3 is 2. The molecule has 3 aromatic rings. The van der Waals surface area contributed by atoms with Crippen LogP contribution in [-0.4, -0.2) is 40.4 Å². The van der Waals surface area contributed by atoms with E-state index in [4.69, 9.17) is 9.47 Å². The second kappa shape index (κ2) is 9.91. The number of benzene rings is 1. The quantitative estimate of drug-likeness (QED) is 0.388. The molecule has 0 saturated heterocycles. The molecular formula is C22H28N4O4S. The minimum absolute atomic E-state index is 0.0228. The lowest BCUT2D eigenvalue weighted by molar-refractivity contribution is -0.118. The first-order valence-electron chi connectivity index (χ1n) is 10.1. The van der Waals surface area contributed by atoms with Crippen molar-refractivity contribution < 1.29 is 14.3 Å². The molecule has 0 radical (unpaired) electrons. The van der Waals surface area contributed by atoms with Crippen molar-refractivity contribution in [3.05, 3.63) is 45.9 Å². The number of ether oxygens (including phenoxy) is 2. The van der Waals surface area contributed by atoms with Gasteiger partial charge in [0, 0.05) is 18.3 Å². The molecule has 3 rings (SSSR count). The summed E-state index contributed by atoms with van der Waals surface area (Å²) in [6.07, 6.45) is 0.784. The van der Waals surface area contributed by atoms with Crippen LogP contribution in [0.5, 0.6) is 11.5 Å². The fraction of sp³-hybridized carbons (Fsp3) is 0.409. The average molecular weight is 445 g/mol. The molecule has 1 aromatic carbocycles. The molecule has 166 valence electrons. The second-order valence-electron chi connectivity index (χ2n) is 7.29. The first-order valence-corrected chi connectivity index (χ1v) is 11.1. The van der Waals surface area contributed by atoms with Crippen molar-refractivity contribution in [3.63, 3.8) is 0 Å². The SMILES string of the molecule is CCC(C)n1c(SCC(=O)NCc2ccc(OC)c(OC)c2)nc2cc(C)[nH]c2c1=O. The highest BCUT2D eigenvalue weighted by Crippen LogP contribution is 2.27. The van der Waals surface area contributed by atoms with E-state index in [0.29, 0.717) is 34.2 Å². The summed E-state index contributed by atoms with van der Waals surface area (Å²) in [6, 6.07) is 7.33. The van der Waals surface area contributed by atoms with Crippen LogP contribution in [0.2, 0.25) is 0 Å². The van der Waals surface area contributed by atoms with Gasteiger partial charge in [-0.05, 0) is 44.0 Å². The number of nitrogens with zero attached hydrogens (tertiary/aromatic N) is 2. The van der Waals surface area contributed by atoms with E-state index in [2.05, 4.69) is 15.3 Å². The number of carbonyl (C=O) groups excluding carboxylic acids is 1. The molecule has 8 nitrogen and oxygen atoms in total. The Labute approximate surface area is 185 Å². The van der Waals surface area contributed by atoms with Gasteiger partial charge in [0.2, 0.25) is 5.91 Å². The van der Waals surface area contributed by atoms with E-state index in [1.54, 1.807) is 24.9 Å². The molecule has 9 heteroatoms. The molecular weight excluding hydrogens is 416 g/mol. The highest BCUT2D eigenvalue weighted by atomic mass is 32.2. The number of aromatic amines is 1. The lowest BCUT2D eigenvalue weighted by Crippen LogP contribution is -2.28. The maximum absolute atomic E-state index is 13.0. The van der Waals surface area contributed by atoms with Crippen LogP contribution in [-0.2, 0) is 11.3 Å². The zero-order valence-corrected chi connectivity index (χ0v) is 19.3. The molecule has 0 bridgehead atoms. The Kier molecular flexibility index (Phi) is 7.27. The molecule has 0 spiro atoms. The summed E-state index contributed by atoms with van der Waals surface area (Å²) >= 11 is 1.27. The Hall–Kier alpha value is -2.94. The maximum Gasteiger partial charge on any atom is 0.278 e. The first-order chi connectivity index (χ1) is 14.9. The molecule has 0 aliphatic carbocycles. The van der Waals surface area contributed by atoms with Crippen LogP contribution in [0.3, 0.4) is 0 Å². The number of hydrogen-bond donors (Lipinski definition) is 2. The maximum atomic E-state index is 13.0. The van der Waals surface area contributed by atoms with Crippen molar-refractivity contribution in [1.29, 1.82) is 0 Å². The van der Waals surface area contributed by atoms with Crippen molar-refractivity contribution >= 4 is 28.7 Å². The smallest absolute Gasteiger partial charge is 0.278 e. The standard InChI is InChI=1S/C22H28N4O4S/c1-6-14(3)26-21(28)20-16(9-13(2)24-20)25-22(26)31-12-19(27)23-11-15-7-8-17(29-4)18(10-15)30-5/h7-10,14,24H,6,11-12H2,1-5H3,(H,23,27). The highest BCUT2D eigenvalue weighted by Gasteiger charge is 2.18. The molecule has 1 atom stereocenters. The summed E-state index contributed by atoms with van der Waals surface area (Å²) in [4.78, 5) is 33.2. The molecule has 1 amide bonds. The molecule has 2 aromatic heterocycles. The van der Waals surface area contributed by atoms with Gasteiger partial charge in [0.05, 0.1) is 25.5 Å². The van der Waals surface area contributed by atoms with Crippen LogP contribution in [0.25, 0.3) is 11.0 Å². The Balaban J connectivity index is 1.72. The average Bonchev–Trinajstić information content (AvgIpc) is 3.16. The van der Waals surface area contributed by atoms with E-state index in [1.165, 1.54) is 11.8 Å². The van der Waals surface area contributed by atoms with Crippen LogP contribution < -0.4 is 20.3 Å². The van der Waals surface area contributed by atoms with E-state index in [-0.39, 0.29) is 23.3 Å². The van der Waals surface area contributed by atoms with E-state index in [9.17, 15) is 9.59 Å². The number of fused-ring (bicyclic) bond motifs is 1. The Morgan fingerprint density at radius 3 is 2.68 bits per heavy atom. The number of H-pyrrole nitrogens is 1. The fourth-order valence-corrected chi connectivity index (χ4v) is 4.16. The van der Waals surface area contributed by atoms with Gasteiger partial charge in [-0.15, -0.1) is 0 Å². The van der Waals surface area contributed by atoms with E-state index in [0.717, 1.165) is 17.7 Å². The van der Waals surface area contributed by atoms with Gasteiger partial charge >= 0.3 is 0 Å². The van der Waals surface area contributed by atoms with Crippen molar-refractivity contribution in [2.75, 3.05) is 20.0 Å². The second-order valence-corrected chi connectivity index (χ2v) is 8.24. The van der Waals surface area contributed by atoms with Crippen molar-refractivity contribution in [2.45, 2.75) is 44.9 Å². The van der Waals surface area contributed by atoms with Gasteiger partial charge in [-0.1, -0.05) is 24.8 Å². The fourth-order valence-electron chi connectivity index (χ4n) is 3.24. The van der Waals surface area contributed by atoms with E-state index >= 15 is 0 Å². The van der Waals surface area contributed by atoms with Crippen LogP contribution in [0.1, 0.15) is 37.6 Å². The van der Waals surface area contributed by atoms with Gasteiger partial charge in [-0.3, -0.25) is 14.2 Å². The van der Waals surface area contributed by atoms with Crippen LogP contribution >= 0.6 is 11.8 Å². The number of hydrogen-bond acceptors (Lipinski definition) is 6. The van der Waals surface area contributed by atoms with Crippen LogP contribution in [0.15, 0.2) is 34.2 Å². The summed E-state index contributed by atoms with van der Waals surface area (Å²) in [5.41, 5.74) is 2.79. The molecule has 2 heterocycles. The van der Waals surface area contributed by atoms with Crippen LogP contribution in [0.4, 0.5) is 0 Å². The lowest BCUT2D eigenvalue weighted by atomic mass is 10.2. The van der Waals surface area contributed by atoms with Gasteiger partial charge < -0.3 is 19.8 Å². The summed E-state index contributed by atoms with van der Waals surface area (Å²) in [5, 5.41) is 3.45. The predicted octanol–water partition coefficient (Wildman–Crippen LogP) is 3.43. The highest BCUT2D eigenvalue weighted by molar-refractivity contribution is 7.99. The number of rotatable bonds is 9. The van der Waals surface area contributed by atoms with Crippen molar-refractivity contribution in [3.8, 4) is 11.5 Å². The molecule has 31 heavy (non-hydrogen) atoms. The molecule has 0 fully saturated rings. The third-order valence-electron chi connectivity index (χ3n) is 5.09. The summed E-state index contributed by atoms with van der Waals surface area (Å²) in [5.74, 6) is 1.26. The Morgan fingerprint density at radius 1 is 1.26 bits per heavy atom. The number of aryl methyl sites for hydroxylation is 1. The zero-order valence-electron chi connectivity index (χ0n) is 18.4. The molecule has 0 saturated carbocycles. The van der Waals surface area contributed by atoms with Crippen molar-refractivity contribution in [1.82, 2.24) is 19.9 Å². The first kappa shape index (κ1) is 22.7. The largest absolute Gasteiger partial charge is 0.493 e. The third-order valence-corrected chi connectivity index (χ3v) is 6.04. The van der Waals surface area contributed by atoms with Gasteiger partial charge in [-0.25, -0.2) is 4.98 Å². The normalized spacial score (nSPS) is 12.0. The van der Waals surface area contributed by atoms with E-state index < -0.39 is 0 Å². The predicted molar refractivity (Wildman–Crippen MR) is 122 cm³/mol. The topological polar surface area (TPSA) is 98.2 Å². The summed E-state index contributed by atoms with van der Waals surface area (Å²) in [7, 11) is 3.15. The Morgan fingerprint density at radius 2 is 2.00 bits per heavy atom. The summed E-state index contributed by atoms with van der Waals surface area (Å²) < 4.78 is 12.2. The lowest BCUT2D eigenvalue weighted by Gasteiger charge is -2.17. The molecule has 0 aliphatic rings. The number of thioether (sulfide) groups is 1. The zero-order chi connectivity index (χ0) is 22.5. The molecule has 2 N–H and O–H groups in total. The van der Waals surface area contributed by atoms with Gasteiger partial charge in [0.15, 0.2) is 16.7 Å². The van der Waals surface area contributed by atoms with Crippen molar-refractivity contribution in [2.24, 2.45) is 0 Å². The van der Waals surface area contributed by atoms with Gasteiger partial charge in [-0.2, -0.15) is 0 Å². The number of aromatic nitrogens is 3. The monoisotopic (exact) mass is 444 g/mol.